The Morgan fingerprint density at radius 2 is 1.29 bits per heavy atom. The number of rotatable bonds is 1. The van der Waals surface area contributed by atoms with Gasteiger partial charge in [-0.05, 0) is 0 Å². The molecule has 0 heterocycles. The molecule has 1 aliphatic carbocycles. The predicted molar refractivity (Wildman–Crippen MR) is 65.5 cm³/mol. The van der Waals surface area contributed by atoms with Crippen molar-refractivity contribution in [3.05, 3.63) is 19.0 Å². The molecule has 0 radical (unpaired) electrons. The molecule has 0 aliphatic heterocycles. The molecule has 0 saturated carbocycles. The fraction of sp³-hybridized carbons (Fsp3) is 0.600. The van der Waals surface area contributed by atoms with Gasteiger partial charge in [-0.3, -0.25) is 0 Å². The van der Waals surface area contributed by atoms with Crippen molar-refractivity contribution in [3.63, 3.8) is 0 Å². The molecule has 14 heavy (non-hydrogen) atoms. The van der Waals surface area contributed by atoms with Gasteiger partial charge in [0.15, 0.2) is 0 Å². The Hall–Kier alpha value is 1.06. The maximum atomic E-state index is 6.24. The summed E-state index contributed by atoms with van der Waals surface area (Å²) < 4.78 is 1.28. The SMILES string of the molecule is [CH3][Ti]([CH3])([CH3])([CH3])([CH3])[C]1=C(Cl)C(Cl)=C(Cl)C1. The van der Waals surface area contributed by atoms with Crippen LogP contribution in [0.3, 0.4) is 0 Å². The molecule has 0 aromatic heterocycles. The Morgan fingerprint density at radius 3 is 1.43 bits per heavy atom. The van der Waals surface area contributed by atoms with E-state index in [0.717, 1.165) is 6.42 Å². The average molecular weight is 291 g/mol. The summed E-state index contributed by atoms with van der Waals surface area (Å²) in [5, 5.41) is 13.6. The van der Waals surface area contributed by atoms with Gasteiger partial charge in [0.2, 0.25) is 0 Å². The average Bonchev–Trinajstić information content (AvgIpc) is 2.12. The van der Waals surface area contributed by atoms with Crippen molar-refractivity contribution in [1.82, 2.24) is 0 Å². The van der Waals surface area contributed by atoms with Gasteiger partial charge in [-0.25, -0.2) is 0 Å². The number of allylic oxidation sites excluding steroid dienone is 4. The maximum absolute atomic E-state index is 6.24. The van der Waals surface area contributed by atoms with Gasteiger partial charge < -0.3 is 0 Å². The fourth-order valence-electron chi connectivity index (χ4n) is 1.55. The van der Waals surface area contributed by atoms with Crippen molar-refractivity contribution in [2.45, 2.75) is 32.6 Å². The van der Waals surface area contributed by atoms with Gasteiger partial charge in [0.1, 0.15) is 0 Å². The van der Waals surface area contributed by atoms with Crippen LogP contribution in [-0.2, 0) is 14.0 Å². The van der Waals surface area contributed by atoms with Crippen molar-refractivity contribution in [2.75, 3.05) is 0 Å². The van der Waals surface area contributed by atoms with Crippen LogP contribution in [0.4, 0.5) is 0 Å². The molecule has 0 atom stereocenters. The summed E-state index contributed by atoms with van der Waals surface area (Å²) in [6.07, 6.45) is 0.736. The zero-order chi connectivity index (χ0) is 11.4. The Kier molecular flexibility index (Phi) is 2.67. The first kappa shape index (κ1) is 13.1. The van der Waals surface area contributed by atoms with Crippen LogP contribution in [0.5, 0.6) is 0 Å². The van der Waals surface area contributed by atoms with E-state index in [2.05, 4.69) is 26.1 Å². The molecular weight excluding hydrogens is 274 g/mol. The summed E-state index contributed by atoms with van der Waals surface area (Å²) in [4.78, 5) is 0. The Labute approximate surface area is 99.7 Å². The molecular formula is C10H17Cl3Ti. The van der Waals surface area contributed by atoms with Crippen molar-refractivity contribution in [1.29, 1.82) is 0 Å². The van der Waals surface area contributed by atoms with E-state index >= 15 is 0 Å². The summed E-state index contributed by atoms with van der Waals surface area (Å²) >= 11 is 15.2. The molecule has 82 valence electrons. The first-order chi connectivity index (χ1) is 5.83. The van der Waals surface area contributed by atoms with Crippen LogP contribution in [0.25, 0.3) is 0 Å². The quantitative estimate of drug-likeness (QED) is 0.520. The van der Waals surface area contributed by atoms with Crippen LogP contribution in [0, 0.1) is 0 Å². The van der Waals surface area contributed by atoms with Crippen LogP contribution >= 0.6 is 34.8 Å². The van der Waals surface area contributed by atoms with Gasteiger partial charge in [0.25, 0.3) is 0 Å². The normalized spacial score (nSPS) is 24.0. The minimum absolute atomic E-state index is 0.548. The van der Waals surface area contributed by atoms with E-state index < -0.39 is 14.0 Å². The molecule has 0 unspecified atom stereocenters. The van der Waals surface area contributed by atoms with E-state index in [9.17, 15) is 0 Å². The van der Waals surface area contributed by atoms with Crippen LogP contribution < -0.4 is 0 Å². The molecule has 0 N–H and O–H groups in total. The second kappa shape index (κ2) is 2.84. The van der Waals surface area contributed by atoms with Crippen LogP contribution in [0.1, 0.15) is 6.42 Å². The van der Waals surface area contributed by atoms with Gasteiger partial charge in [-0.1, -0.05) is 0 Å². The summed E-state index contributed by atoms with van der Waals surface area (Å²) in [5.41, 5.74) is 0. The predicted octanol–water partition coefficient (Wildman–Crippen LogP) is 6.00. The monoisotopic (exact) mass is 290 g/mol. The van der Waals surface area contributed by atoms with Crippen LogP contribution in [0.2, 0.25) is 26.1 Å². The second-order valence-electron chi connectivity index (χ2n) is 7.94. The van der Waals surface area contributed by atoms with E-state index in [1.54, 1.807) is 0 Å². The van der Waals surface area contributed by atoms with E-state index in [4.69, 9.17) is 34.8 Å². The molecule has 1 rings (SSSR count). The molecule has 0 bridgehead atoms. The summed E-state index contributed by atoms with van der Waals surface area (Å²) in [6, 6.07) is 0. The molecule has 0 aromatic carbocycles. The molecule has 0 nitrogen and oxygen atoms in total. The van der Waals surface area contributed by atoms with Crippen molar-refractivity contribution >= 4 is 34.8 Å². The number of halogens is 3. The van der Waals surface area contributed by atoms with Gasteiger partial charge in [-0.2, -0.15) is 0 Å². The molecule has 1 aliphatic rings. The van der Waals surface area contributed by atoms with Gasteiger partial charge in [0.05, 0.1) is 0 Å². The summed E-state index contributed by atoms with van der Waals surface area (Å²) in [6.45, 7) is 0. The number of hydrogen-bond acceptors (Lipinski definition) is 0. The second-order valence-corrected chi connectivity index (χ2v) is 29.6. The Balaban J connectivity index is 3.35. The van der Waals surface area contributed by atoms with Crippen molar-refractivity contribution in [2.24, 2.45) is 0 Å². The van der Waals surface area contributed by atoms with E-state index in [1.165, 1.54) is 3.88 Å². The number of hydrogen-bond donors (Lipinski definition) is 0. The molecule has 4 heteroatoms. The zero-order valence-electron chi connectivity index (χ0n) is 9.34. The standard InChI is InChI=1S/C5H2Cl3.5CH3.Ti/c6-3-1-2-4(7)5(3)8;;;;;;/h1H2;5*1H3;. The molecule has 0 fully saturated rings. The Morgan fingerprint density at radius 1 is 0.857 bits per heavy atom. The zero-order valence-corrected chi connectivity index (χ0v) is 13.2. The van der Waals surface area contributed by atoms with Crippen LogP contribution in [0.15, 0.2) is 19.0 Å². The Bertz CT molecular complexity index is 353. The van der Waals surface area contributed by atoms with E-state index in [-0.39, 0.29) is 0 Å². The first-order valence-electron chi connectivity index (χ1n) is 4.77. The summed E-state index contributed by atoms with van der Waals surface area (Å²) in [7, 11) is 0. The molecule has 0 aromatic rings. The molecule has 0 spiro atoms. The summed E-state index contributed by atoms with van der Waals surface area (Å²) in [5.74, 6) is 0. The van der Waals surface area contributed by atoms with Crippen molar-refractivity contribution < 1.29 is 14.0 Å². The van der Waals surface area contributed by atoms with Gasteiger partial charge in [-0.15, -0.1) is 0 Å². The van der Waals surface area contributed by atoms with Crippen LogP contribution in [-0.4, -0.2) is 0 Å². The molecule has 0 saturated heterocycles. The third kappa shape index (κ3) is 2.60. The fourth-order valence-corrected chi connectivity index (χ4v) is 8.00. The van der Waals surface area contributed by atoms with Crippen molar-refractivity contribution in [3.8, 4) is 0 Å². The van der Waals surface area contributed by atoms with E-state index in [1.807, 2.05) is 0 Å². The minimum atomic E-state index is -3.07. The third-order valence-electron chi connectivity index (χ3n) is 2.54. The van der Waals surface area contributed by atoms with Gasteiger partial charge in [0, 0.05) is 0 Å². The molecule has 0 amide bonds. The van der Waals surface area contributed by atoms with Gasteiger partial charge >= 0.3 is 100 Å². The first-order valence-corrected chi connectivity index (χ1v) is 14.5. The van der Waals surface area contributed by atoms with E-state index in [0.29, 0.717) is 15.1 Å². The topological polar surface area (TPSA) is 0 Å². The third-order valence-corrected chi connectivity index (χ3v) is 9.51.